The van der Waals surface area contributed by atoms with E-state index in [0.29, 0.717) is 17.6 Å². The van der Waals surface area contributed by atoms with Crippen molar-refractivity contribution in [1.82, 2.24) is 29.7 Å². The molecule has 1 aliphatic heterocycles. The summed E-state index contributed by atoms with van der Waals surface area (Å²) in [5.41, 5.74) is 6.72. The van der Waals surface area contributed by atoms with Gasteiger partial charge in [0.05, 0.1) is 39.4 Å². The Morgan fingerprint density at radius 2 is 1.79 bits per heavy atom. The van der Waals surface area contributed by atoms with E-state index in [2.05, 4.69) is 25.1 Å². The average molecular weight is 558 g/mol. The first-order valence-electron chi connectivity index (χ1n) is 12.3. The summed E-state index contributed by atoms with van der Waals surface area (Å²) in [7, 11) is -2.48. The minimum atomic E-state index is -3.95. The van der Waals surface area contributed by atoms with Crippen molar-refractivity contribution in [2.24, 2.45) is 5.92 Å². The van der Waals surface area contributed by atoms with Gasteiger partial charge in [0, 0.05) is 5.92 Å². The van der Waals surface area contributed by atoms with Gasteiger partial charge in [0.1, 0.15) is 18.3 Å². The summed E-state index contributed by atoms with van der Waals surface area (Å²) in [4.78, 5) is 37.0. The Labute approximate surface area is 220 Å². The normalized spacial score (nSPS) is 22.5. The van der Waals surface area contributed by atoms with Crippen molar-refractivity contribution in [3.63, 3.8) is 0 Å². The summed E-state index contributed by atoms with van der Waals surface area (Å²) >= 11 is 0. The van der Waals surface area contributed by atoms with Crippen molar-refractivity contribution in [3.8, 4) is 5.88 Å². The SMILES string of the molecule is CCOC(=O)[C@H](C)NP(=O)(N[C@H](C)C(=O)OCC)OC[C@@H]1C[C@H](C)[C@H](n2cnc3c(OC)nc(N)nc32)O1. The quantitative estimate of drug-likeness (QED) is 0.237. The standard InChI is InChI=1S/C22H36N7O8P/c1-7-34-20(30)13(4)27-38(32,28-14(5)21(31)35-8-2)36-10-15-9-12(3)19(37-15)29-11-24-16-17(29)25-22(23)26-18(16)33-6/h11-15,19H,7-10H2,1-6H3,(H2,23,25,26)(H2,27,28,32)/t12-,13-,14+,15-,19+,38?/m0/s1. The topological polar surface area (TPSA) is 191 Å². The van der Waals surface area contributed by atoms with Crippen LogP contribution in [0.2, 0.25) is 0 Å². The molecule has 15 nitrogen and oxygen atoms in total. The smallest absolute Gasteiger partial charge is 0.342 e. The maximum atomic E-state index is 13.7. The number of nitrogens with two attached hydrogens (primary N) is 1. The molecule has 212 valence electrons. The zero-order chi connectivity index (χ0) is 28.0. The maximum Gasteiger partial charge on any atom is 0.342 e. The minimum Gasteiger partial charge on any atom is -0.479 e. The molecule has 1 fully saturated rings. The highest BCUT2D eigenvalue weighted by Gasteiger charge is 2.38. The van der Waals surface area contributed by atoms with Crippen molar-refractivity contribution in [1.29, 1.82) is 0 Å². The average Bonchev–Trinajstić information content (AvgIpc) is 3.45. The second kappa shape index (κ2) is 12.8. The van der Waals surface area contributed by atoms with Crippen molar-refractivity contribution < 1.29 is 37.6 Å². The number of hydrogen-bond donors (Lipinski definition) is 3. The molecule has 1 unspecified atom stereocenters. The number of rotatable bonds is 13. The molecule has 0 aliphatic carbocycles. The van der Waals surface area contributed by atoms with Crippen molar-refractivity contribution in [3.05, 3.63) is 6.33 Å². The van der Waals surface area contributed by atoms with Crippen molar-refractivity contribution >= 4 is 36.7 Å². The van der Waals surface area contributed by atoms with Crippen molar-refractivity contribution in [2.45, 2.75) is 65.5 Å². The van der Waals surface area contributed by atoms with E-state index in [9.17, 15) is 14.2 Å². The molecule has 1 saturated heterocycles. The first kappa shape index (κ1) is 29.7. The zero-order valence-corrected chi connectivity index (χ0v) is 23.3. The summed E-state index contributed by atoms with van der Waals surface area (Å²) in [5.74, 6) is -0.944. The van der Waals surface area contributed by atoms with E-state index in [1.807, 2.05) is 6.92 Å². The van der Waals surface area contributed by atoms with Crippen LogP contribution in [0.15, 0.2) is 6.33 Å². The van der Waals surface area contributed by atoms with Crippen LogP contribution in [-0.2, 0) is 32.9 Å². The van der Waals surface area contributed by atoms with Gasteiger partial charge in [-0.1, -0.05) is 6.92 Å². The lowest BCUT2D eigenvalue weighted by atomic mass is 10.1. The monoisotopic (exact) mass is 557 g/mol. The maximum absolute atomic E-state index is 13.7. The highest BCUT2D eigenvalue weighted by atomic mass is 31.2. The van der Waals surface area contributed by atoms with Gasteiger partial charge in [-0.25, -0.2) is 15.2 Å². The Hall–Kier alpha value is -2.84. The molecule has 0 aromatic carbocycles. The number of carbonyl (C=O) groups excluding carboxylic acids is 2. The number of ether oxygens (including phenoxy) is 4. The number of methoxy groups -OCH3 is 1. The Kier molecular flexibility index (Phi) is 10.0. The third-order valence-corrected chi connectivity index (χ3v) is 7.74. The third kappa shape index (κ3) is 6.97. The van der Waals surface area contributed by atoms with Gasteiger partial charge in [-0.3, -0.25) is 18.7 Å². The van der Waals surface area contributed by atoms with Crippen molar-refractivity contribution in [2.75, 3.05) is 32.7 Å². The molecule has 6 atom stereocenters. The third-order valence-electron chi connectivity index (χ3n) is 5.78. The summed E-state index contributed by atoms with van der Waals surface area (Å²) < 4.78 is 42.7. The molecule has 16 heteroatoms. The van der Waals surface area contributed by atoms with Crippen LogP contribution >= 0.6 is 7.67 Å². The first-order chi connectivity index (χ1) is 18.0. The summed E-state index contributed by atoms with van der Waals surface area (Å²) in [5, 5.41) is 5.29. The number of imidazole rings is 1. The molecule has 2 aromatic heterocycles. The zero-order valence-electron chi connectivity index (χ0n) is 22.4. The number of esters is 2. The fourth-order valence-electron chi connectivity index (χ4n) is 4.05. The lowest BCUT2D eigenvalue weighted by molar-refractivity contribution is -0.145. The fourth-order valence-corrected chi connectivity index (χ4v) is 5.88. The first-order valence-corrected chi connectivity index (χ1v) is 14.0. The predicted octanol–water partition coefficient (Wildman–Crippen LogP) is 1.55. The van der Waals surface area contributed by atoms with Crippen LogP contribution in [0.5, 0.6) is 5.88 Å². The second-order valence-electron chi connectivity index (χ2n) is 8.83. The van der Waals surface area contributed by atoms with E-state index in [1.54, 1.807) is 24.7 Å². The van der Waals surface area contributed by atoms with E-state index in [4.69, 9.17) is 29.2 Å². The predicted molar refractivity (Wildman–Crippen MR) is 136 cm³/mol. The van der Waals surface area contributed by atoms with Gasteiger partial charge in [-0.05, 0) is 34.1 Å². The summed E-state index contributed by atoms with van der Waals surface area (Å²) in [6.45, 7) is 8.50. The Balaban J connectivity index is 1.74. The highest BCUT2D eigenvalue weighted by molar-refractivity contribution is 7.54. The lowest BCUT2D eigenvalue weighted by Crippen LogP contribution is -2.42. The number of nitrogens with zero attached hydrogens (tertiary/aromatic N) is 4. The number of carbonyl (C=O) groups is 2. The van der Waals surface area contributed by atoms with E-state index in [0.717, 1.165) is 0 Å². The van der Waals surface area contributed by atoms with Gasteiger partial charge in [-0.15, -0.1) is 0 Å². The van der Waals surface area contributed by atoms with Gasteiger partial charge in [0.15, 0.2) is 11.2 Å². The molecule has 1 aliphatic rings. The molecular formula is C22H36N7O8P. The van der Waals surface area contributed by atoms with E-state index < -0.39 is 44.0 Å². The van der Waals surface area contributed by atoms with E-state index in [-0.39, 0.29) is 37.6 Å². The number of anilines is 1. The number of hydrogen-bond acceptors (Lipinski definition) is 12. The van der Waals surface area contributed by atoms with Gasteiger partial charge < -0.3 is 29.2 Å². The molecule has 0 amide bonds. The largest absolute Gasteiger partial charge is 0.479 e. The van der Waals surface area contributed by atoms with Crippen LogP contribution in [0.4, 0.5) is 5.95 Å². The molecule has 3 rings (SSSR count). The Morgan fingerprint density at radius 3 is 2.34 bits per heavy atom. The fraction of sp³-hybridized carbons (Fsp3) is 0.682. The molecule has 38 heavy (non-hydrogen) atoms. The molecular weight excluding hydrogens is 521 g/mol. The molecule has 4 N–H and O–H groups in total. The number of nitrogen functional groups attached to an aromatic ring is 1. The molecule has 2 aromatic rings. The van der Waals surface area contributed by atoms with Crippen LogP contribution in [0.25, 0.3) is 11.2 Å². The molecule has 0 radical (unpaired) electrons. The van der Waals surface area contributed by atoms with Crippen LogP contribution in [0, 0.1) is 5.92 Å². The lowest BCUT2D eigenvalue weighted by Gasteiger charge is -2.26. The summed E-state index contributed by atoms with van der Waals surface area (Å²) in [6, 6.07) is -1.95. The minimum absolute atomic E-state index is 0.000370. The van der Waals surface area contributed by atoms with Gasteiger partial charge >= 0.3 is 19.6 Å². The number of fused-ring (bicyclic) bond motifs is 1. The Morgan fingerprint density at radius 1 is 1.18 bits per heavy atom. The Bertz CT molecular complexity index is 1150. The molecule has 0 saturated carbocycles. The number of aromatic nitrogens is 4. The van der Waals surface area contributed by atoms with Crippen LogP contribution < -0.4 is 20.6 Å². The van der Waals surface area contributed by atoms with Gasteiger partial charge in [0.25, 0.3) is 0 Å². The van der Waals surface area contributed by atoms with E-state index in [1.165, 1.54) is 21.0 Å². The number of nitrogens with one attached hydrogen (secondary N) is 2. The molecule has 0 bridgehead atoms. The van der Waals surface area contributed by atoms with E-state index >= 15 is 0 Å². The van der Waals surface area contributed by atoms with Crippen LogP contribution in [0.3, 0.4) is 0 Å². The molecule has 0 spiro atoms. The van der Waals surface area contributed by atoms with Crippen LogP contribution in [0.1, 0.15) is 47.3 Å². The van der Waals surface area contributed by atoms with Crippen LogP contribution in [-0.4, -0.2) is 76.6 Å². The summed E-state index contributed by atoms with van der Waals surface area (Å²) in [6.07, 6.45) is 1.19. The molecule has 3 heterocycles. The van der Waals surface area contributed by atoms with Gasteiger partial charge in [0.2, 0.25) is 11.8 Å². The highest BCUT2D eigenvalue weighted by Crippen LogP contribution is 2.42. The van der Waals surface area contributed by atoms with Gasteiger partial charge in [-0.2, -0.15) is 9.97 Å². The second-order valence-corrected chi connectivity index (χ2v) is 10.7.